The lowest BCUT2D eigenvalue weighted by molar-refractivity contribution is -0.123. The third kappa shape index (κ3) is 4.42. The number of tetrazole rings is 1. The second-order valence-electron chi connectivity index (χ2n) is 4.95. The molecule has 1 N–H and O–H groups in total. The first-order valence-corrected chi connectivity index (χ1v) is 7.36. The van der Waals surface area contributed by atoms with E-state index in [4.69, 9.17) is 16.3 Å². The summed E-state index contributed by atoms with van der Waals surface area (Å²) in [5.41, 5.74) is 0. The maximum absolute atomic E-state index is 11.7. The Bertz CT molecular complexity index is 629. The summed E-state index contributed by atoms with van der Waals surface area (Å²) in [6.45, 7) is 4.35. The van der Waals surface area contributed by atoms with Crippen molar-refractivity contribution in [2.24, 2.45) is 0 Å². The van der Waals surface area contributed by atoms with Crippen LogP contribution in [-0.4, -0.2) is 39.3 Å². The van der Waals surface area contributed by atoms with E-state index in [0.29, 0.717) is 23.7 Å². The van der Waals surface area contributed by atoms with Crippen molar-refractivity contribution in [1.82, 2.24) is 25.5 Å². The number of nitrogens with zero attached hydrogens (tertiary/aromatic N) is 4. The molecule has 1 heterocycles. The summed E-state index contributed by atoms with van der Waals surface area (Å²) in [4.78, 5) is 11.7. The topological polar surface area (TPSA) is 81.9 Å². The van der Waals surface area contributed by atoms with Gasteiger partial charge in [0.25, 0.3) is 5.91 Å². The standard InChI is InChI=1S/C14H18ClN5O2/c1-10(2)20-13(17-18-19-20)7-8-16-14(21)9-22-12-6-4-3-5-11(12)15/h3-6,10H,7-9H2,1-2H3,(H,16,21). The number of para-hydroxylation sites is 1. The van der Waals surface area contributed by atoms with Crippen molar-refractivity contribution < 1.29 is 9.53 Å². The normalized spacial score (nSPS) is 10.7. The monoisotopic (exact) mass is 323 g/mol. The molecule has 8 heteroatoms. The highest BCUT2D eigenvalue weighted by molar-refractivity contribution is 6.32. The quantitative estimate of drug-likeness (QED) is 0.837. The number of carbonyl (C=O) groups is 1. The lowest BCUT2D eigenvalue weighted by Gasteiger charge is -2.09. The summed E-state index contributed by atoms with van der Waals surface area (Å²) < 4.78 is 7.09. The molecule has 7 nitrogen and oxygen atoms in total. The summed E-state index contributed by atoms with van der Waals surface area (Å²) >= 11 is 5.95. The van der Waals surface area contributed by atoms with Gasteiger partial charge in [-0.3, -0.25) is 4.79 Å². The van der Waals surface area contributed by atoms with E-state index < -0.39 is 0 Å². The first kappa shape index (κ1) is 16.2. The molecule has 2 rings (SSSR count). The smallest absolute Gasteiger partial charge is 0.257 e. The molecule has 0 saturated heterocycles. The van der Waals surface area contributed by atoms with Crippen LogP contribution in [0.25, 0.3) is 0 Å². The van der Waals surface area contributed by atoms with Gasteiger partial charge in [0.2, 0.25) is 0 Å². The molecule has 0 fully saturated rings. The third-order valence-electron chi connectivity index (χ3n) is 2.92. The predicted octanol–water partition coefficient (Wildman–Crippen LogP) is 1.65. The highest BCUT2D eigenvalue weighted by Crippen LogP contribution is 2.22. The molecule has 0 atom stereocenters. The van der Waals surface area contributed by atoms with Crippen molar-refractivity contribution in [1.29, 1.82) is 0 Å². The van der Waals surface area contributed by atoms with Gasteiger partial charge in [-0.1, -0.05) is 23.7 Å². The number of hydrogen-bond acceptors (Lipinski definition) is 5. The predicted molar refractivity (Wildman–Crippen MR) is 81.9 cm³/mol. The minimum Gasteiger partial charge on any atom is -0.482 e. The Kier molecular flexibility index (Phi) is 5.71. The number of amides is 1. The fourth-order valence-corrected chi connectivity index (χ4v) is 2.04. The van der Waals surface area contributed by atoms with Crippen LogP contribution in [-0.2, 0) is 11.2 Å². The first-order valence-electron chi connectivity index (χ1n) is 6.98. The molecular weight excluding hydrogens is 306 g/mol. The highest BCUT2D eigenvalue weighted by atomic mass is 35.5. The largest absolute Gasteiger partial charge is 0.482 e. The van der Waals surface area contributed by atoms with E-state index in [1.54, 1.807) is 28.9 Å². The van der Waals surface area contributed by atoms with Crippen LogP contribution in [0.3, 0.4) is 0 Å². The molecule has 0 saturated carbocycles. The summed E-state index contributed by atoms with van der Waals surface area (Å²) in [5, 5.41) is 14.7. The maximum Gasteiger partial charge on any atom is 0.257 e. The van der Waals surface area contributed by atoms with Gasteiger partial charge >= 0.3 is 0 Å². The van der Waals surface area contributed by atoms with E-state index in [2.05, 4.69) is 20.8 Å². The number of nitrogens with one attached hydrogen (secondary N) is 1. The minimum atomic E-state index is -0.219. The number of benzene rings is 1. The van der Waals surface area contributed by atoms with Crippen LogP contribution in [0.15, 0.2) is 24.3 Å². The molecule has 1 aromatic carbocycles. The fraction of sp³-hybridized carbons (Fsp3) is 0.429. The number of hydrogen-bond donors (Lipinski definition) is 1. The van der Waals surface area contributed by atoms with Gasteiger partial charge in [0, 0.05) is 13.0 Å². The average Bonchev–Trinajstić information content (AvgIpc) is 2.95. The van der Waals surface area contributed by atoms with Crippen LogP contribution >= 0.6 is 11.6 Å². The first-order chi connectivity index (χ1) is 10.6. The van der Waals surface area contributed by atoms with Crippen LogP contribution in [0, 0.1) is 0 Å². The second-order valence-corrected chi connectivity index (χ2v) is 5.36. The van der Waals surface area contributed by atoms with Crippen LogP contribution < -0.4 is 10.1 Å². The Morgan fingerprint density at radius 2 is 2.18 bits per heavy atom. The molecule has 0 aliphatic heterocycles. The number of carbonyl (C=O) groups excluding carboxylic acids is 1. The molecule has 0 unspecified atom stereocenters. The second kappa shape index (κ2) is 7.74. The third-order valence-corrected chi connectivity index (χ3v) is 3.23. The number of rotatable bonds is 7. The molecule has 0 radical (unpaired) electrons. The van der Waals surface area contributed by atoms with Crippen molar-refractivity contribution in [2.45, 2.75) is 26.3 Å². The molecule has 2 aromatic rings. The van der Waals surface area contributed by atoms with E-state index in [-0.39, 0.29) is 18.6 Å². The summed E-state index contributed by atoms with van der Waals surface area (Å²) in [6, 6.07) is 7.20. The maximum atomic E-state index is 11.7. The number of halogens is 1. The molecule has 0 spiro atoms. The Labute approximate surface area is 133 Å². The Balaban J connectivity index is 1.74. The van der Waals surface area contributed by atoms with Gasteiger partial charge in [-0.2, -0.15) is 0 Å². The van der Waals surface area contributed by atoms with Crippen molar-refractivity contribution in [2.75, 3.05) is 13.2 Å². The van der Waals surface area contributed by atoms with Gasteiger partial charge in [0.05, 0.1) is 11.1 Å². The van der Waals surface area contributed by atoms with E-state index in [1.807, 2.05) is 13.8 Å². The Morgan fingerprint density at radius 1 is 1.41 bits per heavy atom. The molecule has 22 heavy (non-hydrogen) atoms. The zero-order valence-corrected chi connectivity index (χ0v) is 13.2. The van der Waals surface area contributed by atoms with E-state index in [1.165, 1.54) is 0 Å². The van der Waals surface area contributed by atoms with E-state index in [0.717, 1.165) is 5.82 Å². The molecule has 0 aliphatic rings. The summed E-state index contributed by atoms with van der Waals surface area (Å²) in [6.07, 6.45) is 0.559. The van der Waals surface area contributed by atoms with Crippen LogP contribution in [0.2, 0.25) is 5.02 Å². The molecule has 1 amide bonds. The molecule has 0 aliphatic carbocycles. The van der Waals surface area contributed by atoms with Crippen LogP contribution in [0.5, 0.6) is 5.75 Å². The summed E-state index contributed by atoms with van der Waals surface area (Å²) in [5.74, 6) is 1.01. The van der Waals surface area contributed by atoms with Gasteiger partial charge in [-0.25, -0.2) is 4.68 Å². The fourth-order valence-electron chi connectivity index (χ4n) is 1.85. The van der Waals surface area contributed by atoms with E-state index in [9.17, 15) is 4.79 Å². The van der Waals surface area contributed by atoms with Gasteiger partial charge in [-0.15, -0.1) is 5.10 Å². The number of ether oxygens (including phenoxy) is 1. The van der Waals surface area contributed by atoms with Crippen LogP contribution in [0.4, 0.5) is 0 Å². The minimum absolute atomic E-state index is 0.0845. The van der Waals surface area contributed by atoms with Gasteiger partial charge in [-0.05, 0) is 36.4 Å². The van der Waals surface area contributed by atoms with Gasteiger partial charge < -0.3 is 10.1 Å². The van der Waals surface area contributed by atoms with Gasteiger partial charge in [0.1, 0.15) is 5.75 Å². The lowest BCUT2D eigenvalue weighted by atomic mass is 10.3. The van der Waals surface area contributed by atoms with E-state index >= 15 is 0 Å². The average molecular weight is 324 g/mol. The molecule has 0 bridgehead atoms. The van der Waals surface area contributed by atoms with Gasteiger partial charge in [0.15, 0.2) is 12.4 Å². The molecule has 1 aromatic heterocycles. The molecular formula is C14H18ClN5O2. The lowest BCUT2D eigenvalue weighted by Crippen LogP contribution is -2.31. The van der Waals surface area contributed by atoms with Crippen molar-refractivity contribution in [3.05, 3.63) is 35.1 Å². The zero-order chi connectivity index (χ0) is 15.9. The highest BCUT2D eigenvalue weighted by Gasteiger charge is 2.10. The molecule has 118 valence electrons. The van der Waals surface area contributed by atoms with Crippen molar-refractivity contribution in [3.8, 4) is 5.75 Å². The van der Waals surface area contributed by atoms with Crippen LogP contribution in [0.1, 0.15) is 25.7 Å². The Morgan fingerprint density at radius 3 is 2.91 bits per heavy atom. The number of aromatic nitrogens is 4. The Hall–Kier alpha value is -2.15. The van der Waals surface area contributed by atoms with Crippen molar-refractivity contribution in [3.63, 3.8) is 0 Å². The zero-order valence-electron chi connectivity index (χ0n) is 12.5. The summed E-state index contributed by atoms with van der Waals surface area (Å²) in [7, 11) is 0. The van der Waals surface area contributed by atoms with Crippen molar-refractivity contribution >= 4 is 17.5 Å². The SMILES string of the molecule is CC(C)n1nnnc1CCNC(=O)COc1ccccc1Cl.